The van der Waals surface area contributed by atoms with Crippen LogP contribution in [-0.4, -0.2) is 30.0 Å². The molecule has 3 aromatic carbocycles. The second-order valence-corrected chi connectivity index (χ2v) is 9.65. The van der Waals surface area contributed by atoms with Gasteiger partial charge in [0.25, 0.3) is 11.8 Å². The number of nitrogens with one attached hydrogen (secondary N) is 1. The van der Waals surface area contributed by atoms with Crippen molar-refractivity contribution in [3.05, 3.63) is 102 Å². The van der Waals surface area contributed by atoms with E-state index in [1.807, 2.05) is 36.4 Å². The Hall–Kier alpha value is -4.28. The first-order chi connectivity index (χ1) is 16.8. The van der Waals surface area contributed by atoms with E-state index in [9.17, 15) is 18.0 Å². The molecule has 0 saturated carbocycles. The van der Waals surface area contributed by atoms with Crippen molar-refractivity contribution in [1.82, 2.24) is 9.78 Å². The molecule has 1 aliphatic rings. The first-order valence-corrected chi connectivity index (χ1v) is 12.3. The number of aromatic nitrogens is 2. The maximum Gasteiger partial charge on any atom is 0.262 e. The van der Waals surface area contributed by atoms with E-state index >= 15 is 0 Å². The number of hydrogen-bond donors (Lipinski definition) is 2. The van der Waals surface area contributed by atoms with E-state index in [1.165, 1.54) is 29.3 Å². The molecule has 5 rings (SSSR count). The van der Waals surface area contributed by atoms with Crippen molar-refractivity contribution < 1.29 is 18.0 Å². The molecule has 0 aliphatic carbocycles. The summed E-state index contributed by atoms with van der Waals surface area (Å²) in [6.07, 6.45) is 1.47. The molecular weight excluding hydrogens is 466 g/mol. The van der Waals surface area contributed by atoms with E-state index in [1.54, 1.807) is 35.9 Å². The van der Waals surface area contributed by atoms with Gasteiger partial charge in [0.15, 0.2) is 0 Å². The quantitative estimate of drug-likeness (QED) is 0.457. The highest BCUT2D eigenvalue weighted by Gasteiger charge is 2.39. The van der Waals surface area contributed by atoms with Crippen LogP contribution in [-0.2, 0) is 14.8 Å². The minimum atomic E-state index is -4.01. The van der Waals surface area contributed by atoms with Crippen molar-refractivity contribution in [1.29, 1.82) is 0 Å². The van der Waals surface area contributed by atoms with Crippen LogP contribution in [0, 0.1) is 6.92 Å². The predicted molar refractivity (Wildman–Crippen MR) is 131 cm³/mol. The molecule has 2 amide bonds. The zero-order valence-corrected chi connectivity index (χ0v) is 19.4. The standard InChI is InChI=1S/C25H21N5O4S/c1-16-20(15-27-30(16)18-10-6-3-7-11-18)25(32)29-22-13-12-19(35(26,33)34)14-21(22)28-24(31)23(29)17-8-4-2-5-9-17/h2-15,23H,1H3,(H,28,31)(H2,26,33,34). The number of para-hydroxylation sites is 1. The monoisotopic (exact) mass is 487 g/mol. The Morgan fingerprint density at radius 1 is 1.00 bits per heavy atom. The molecule has 0 fully saturated rings. The maximum absolute atomic E-state index is 14.0. The van der Waals surface area contributed by atoms with Crippen LogP contribution in [0.15, 0.2) is 90.0 Å². The predicted octanol–water partition coefficient (Wildman–Crippen LogP) is 3.17. The highest BCUT2D eigenvalue weighted by molar-refractivity contribution is 7.89. The van der Waals surface area contributed by atoms with Crippen LogP contribution in [0.2, 0.25) is 0 Å². The summed E-state index contributed by atoms with van der Waals surface area (Å²) in [7, 11) is -4.01. The van der Waals surface area contributed by atoms with Crippen molar-refractivity contribution in [2.45, 2.75) is 17.9 Å². The van der Waals surface area contributed by atoms with Gasteiger partial charge >= 0.3 is 0 Å². The first-order valence-electron chi connectivity index (χ1n) is 10.7. The van der Waals surface area contributed by atoms with Crippen LogP contribution in [0.25, 0.3) is 5.69 Å². The summed E-state index contributed by atoms with van der Waals surface area (Å²) in [6.45, 7) is 1.78. The Morgan fingerprint density at radius 3 is 2.31 bits per heavy atom. The van der Waals surface area contributed by atoms with Gasteiger partial charge in [0, 0.05) is 0 Å². The molecule has 1 aliphatic heterocycles. The number of sulfonamides is 1. The lowest BCUT2D eigenvalue weighted by Gasteiger charge is -2.36. The zero-order valence-electron chi connectivity index (χ0n) is 18.6. The van der Waals surface area contributed by atoms with Gasteiger partial charge in [-0.1, -0.05) is 48.5 Å². The third-order valence-electron chi connectivity index (χ3n) is 5.90. The van der Waals surface area contributed by atoms with Gasteiger partial charge in [-0.2, -0.15) is 5.10 Å². The molecule has 4 aromatic rings. The summed E-state index contributed by atoms with van der Waals surface area (Å²) in [5.41, 5.74) is 2.83. The summed E-state index contributed by atoms with van der Waals surface area (Å²) < 4.78 is 25.4. The van der Waals surface area contributed by atoms with E-state index in [0.29, 0.717) is 22.5 Å². The molecule has 2 heterocycles. The second-order valence-electron chi connectivity index (χ2n) is 8.09. The van der Waals surface area contributed by atoms with Crippen LogP contribution >= 0.6 is 0 Å². The van der Waals surface area contributed by atoms with E-state index in [-0.39, 0.29) is 10.6 Å². The number of rotatable bonds is 4. The van der Waals surface area contributed by atoms with Crippen LogP contribution in [0.5, 0.6) is 0 Å². The zero-order chi connectivity index (χ0) is 24.7. The Morgan fingerprint density at radius 2 is 1.66 bits per heavy atom. The molecule has 9 nitrogen and oxygen atoms in total. The number of benzene rings is 3. The minimum Gasteiger partial charge on any atom is -0.322 e. The van der Waals surface area contributed by atoms with E-state index < -0.39 is 27.9 Å². The third-order valence-corrected chi connectivity index (χ3v) is 6.81. The normalized spacial score (nSPS) is 15.4. The van der Waals surface area contributed by atoms with Crippen molar-refractivity contribution in [2.24, 2.45) is 5.14 Å². The Labute approximate surface area is 201 Å². The smallest absolute Gasteiger partial charge is 0.262 e. The van der Waals surface area contributed by atoms with Gasteiger partial charge in [0.05, 0.1) is 39.4 Å². The molecule has 0 saturated heterocycles. The van der Waals surface area contributed by atoms with Crippen molar-refractivity contribution in [3.63, 3.8) is 0 Å². The lowest BCUT2D eigenvalue weighted by atomic mass is 9.99. The molecular formula is C25H21N5O4S. The Balaban J connectivity index is 1.66. The van der Waals surface area contributed by atoms with Gasteiger partial charge in [-0.05, 0) is 42.8 Å². The van der Waals surface area contributed by atoms with Gasteiger partial charge in [-0.3, -0.25) is 14.5 Å². The molecule has 3 N–H and O–H groups in total. The second kappa shape index (κ2) is 8.49. The Kier molecular flexibility index (Phi) is 5.46. The first kappa shape index (κ1) is 22.5. The average molecular weight is 488 g/mol. The molecule has 0 bridgehead atoms. The number of nitrogens with two attached hydrogens (primary N) is 1. The number of hydrogen-bond acceptors (Lipinski definition) is 5. The van der Waals surface area contributed by atoms with Gasteiger partial charge in [0.2, 0.25) is 10.0 Å². The number of carbonyl (C=O) groups excluding carboxylic acids is 2. The molecule has 35 heavy (non-hydrogen) atoms. The third kappa shape index (κ3) is 3.98. The van der Waals surface area contributed by atoms with Gasteiger partial charge < -0.3 is 5.32 Å². The van der Waals surface area contributed by atoms with Gasteiger partial charge in [-0.25, -0.2) is 18.2 Å². The SMILES string of the molecule is Cc1c(C(=O)N2c3ccc(S(N)(=O)=O)cc3NC(=O)C2c2ccccc2)cnn1-c1ccccc1. The van der Waals surface area contributed by atoms with E-state index in [0.717, 1.165) is 5.69 Å². The van der Waals surface area contributed by atoms with Crippen molar-refractivity contribution in [2.75, 3.05) is 10.2 Å². The number of nitrogens with zero attached hydrogens (tertiary/aromatic N) is 3. The topological polar surface area (TPSA) is 127 Å². The van der Waals surface area contributed by atoms with E-state index in [4.69, 9.17) is 5.14 Å². The van der Waals surface area contributed by atoms with Crippen LogP contribution < -0.4 is 15.4 Å². The lowest BCUT2D eigenvalue weighted by molar-refractivity contribution is -0.117. The summed E-state index contributed by atoms with van der Waals surface area (Å²) in [5.74, 6) is -0.922. The molecule has 1 aromatic heterocycles. The number of primary sulfonamides is 1. The fourth-order valence-corrected chi connectivity index (χ4v) is 4.74. The number of fused-ring (bicyclic) bond motifs is 1. The average Bonchev–Trinajstić information content (AvgIpc) is 3.24. The van der Waals surface area contributed by atoms with Crippen molar-refractivity contribution in [3.8, 4) is 5.69 Å². The lowest BCUT2D eigenvalue weighted by Crippen LogP contribution is -2.45. The summed E-state index contributed by atoms with van der Waals surface area (Å²) in [6, 6.07) is 21.3. The number of carbonyl (C=O) groups is 2. The Bertz CT molecular complexity index is 1550. The van der Waals surface area contributed by atoms with Crippen molar-refractivity contribution >= 4 is 33.2 Å². The highest BCUT2D eigenvalue weighted by atomic mass is 32.2. The fourth-order valence-electron chi connectivity index (χ4n) is 4.20. The summed E-state index contributed by atoms with van der Waals surface area (Å²) in [4.78, 5) is 28.5. The molecule has 176 valence electrons. The summed E-state index contributed by atoms with van der Waals surface area (Å²) in [5, 5.41) is 12.4. The van der Waals surface area contributed by atoms with E-state index in [2.05, 4.69) is 10.4 Å². The fraction of sp³-hybridized carbons (Fsp3) is 0.0800. The van der Waals surface area contributed by atoms with Crippen LogP contribution in [0.4, 0.5) is 11.4 Å². The maximum atomic E-state index is 14.0. The minimum absolute atomic E-state index is 0.171. The highest BCUT2D eigenvalue weighted by Crippen LogP contribution is 2.40. The number of anilines is 2. The number of amides is 2. The molecule has 0 spiro atoms. The van der Waals surface area contributed by atoms with Gasteiger partial charge in [0.1, 0.15) is 6.04 Å². The summed E-state index contributed by atoms with van der Waals surface area (Å²) >= 11 is 0. The molecule has 10 heteroatoms. The van der Waals surface area contributed by atoms with Crippen LogP contribution in [0.1, 0.15) is 27.7 Å². The van der Waals surface area contributed by atoms with Crippen LogP contribution in [0.3, 0.4) is 0 Å². The molecule has 1 atom stereocenters. The largest absolute Gasteiger partial charge is 0.322 e. The van der Waals surface area contributed by atoms with Gasteiger partial charge in [-0.15, -0.1) is 0 Å². The molecule has 0 radical (unpaired) electrons. The molecule has 1 unspecified atom stereocenters.